The van der Waals surface area contributed by atoms with Crippen molar-refractivity contribution in [3.8, 4) is 11.5 Å². The molecular weight excluding hydrogens is 484 g/mol. The number of aromatic nitrogens is 2. The van der Waals surface area contributed by atoms with Crippen molar-refractivity contribution < 1.29 is 19.1 Å². The molecule has 0 aliphatic carbocycles. The van der Waals surface area contributed by atoms with Gasteiger partial charge in [0.15, 0.2) is 11.5 Å². The van der Waals surface area contributed by atoms with E-state index in [-0.39, 0.29) is 18.4 Å². The van der Waals surface area contributed by atoms with E-state index in [1.54, 1.807) is 28.7 Å². The fourth-order valence-corrected chi connectivity index (χ4v) is 5.45. The third-order valence-electron chi connectivity index (χ3n) is 5.99. The van der Waals surface area contributed by atoms with E-state index in [0.717, 1.165) is 35.5 Å². The summed E-state index contributed by atoms with van der Waals surface area (Å²) in [6, 6.07) is 5.10. The van der Waals surface area contributed by atoms with Crippen molar-refractivity contribution in [2.24, 2.45) is 0 Å². The van der Waals surface area contributed by atoms with E-state index < -0.39 is 6.04 Å². The monoisotopic (exact) mass is 514 g/mol. The number of methoxy groups -OCH3 is 1. The zero-order valence-corrected chi connectivity index (χ0v) is 21.8. The molecule has 10 heteroatoms. The van der Waals surface area contributed by atoms with Crippen LogP contribution in [0, 0.1) is 13.8 Å². The van der Waals surface area contributed by atoms with Crippen LogP contribution in [0.5, 0.6) is 11.5 Å². The Labute approximate surface area is 213 Å². The van der Waals surface area contributed by atoms with Crippen LogP contribution in [-0.2, 0) is 17.8 Å². The first-order valence-electron chi connectivity index (χ1n) is 11.7. The van der Waals surface area contributed by atoms with Crippen LogP contribution in [-0.4, -0.2) is 53.0 Å². The molecule has 1 atom stereocenters. The molecule has 2 aromatic heterocycles. The van der Waals surface area contributed by atoms with Gasteiger partial charge in [-0.05, 0) is 50.8 Å². The SMILES string of the molecule is COc1cc(CN(C(=O)c2csc(C)n2)[C@H]2CCCCNC2=O)ccc1OCCc1scnc1C. The molecule has 1 aliphatic rings. The molecule has 0 saturated carbocycles. The third-order valence-corrected chi connectivity index (χ3v) is 7.76. The Balaban J connectivity index is 1.53. The lowest BCUT2D eigenvalue weighted by atomic mass is 10.1. The van der Waals surface area contributed by atoms with Crippen molar-refractivity contribution in [1.29, 1.82) is 0 Å². The van der Waals surface area contributed by atoms with Crippen LogP contribution in [0.25, 0.3) is 0 Å². The van der Waals surface area contributed by atoms with E-state index >= 15 is 0 Å². The Bertz CT molecular complexity index is 1180. The van der Waals surface area contributed by atoms with Gasteiger partial charge in [-0.2, -0.15) is 0 Å². The van der Waals surface area contributed by atoms with Crippen LogP contribution in [0.3, 0.4) is 0 Å². The van der Waals surface area contributed by atoms with Gasteiger partial charge >= 0.3 is 0 Å². The van der Waals surface area contributed by atoms with Crippen molar-refractivity contribution in [2.75, 3.05) is 20.3 Å². The second-order valence-corrected chi connectivity index (χ2v) is 10.4. The minimum Gasteiger partial charge on any atom is -0.493 e. The summed E-state index contributed by atoms with van der Waals surface area (Å²) >= 11 is 3.05. The summed E-state index contributed by atoms with van der Waals surface area (Å²) in [6.07, 6.45) is 3.17. The van der Waals surface area contributed by atoms with Gasteiger partial charge < -0.3 is 19.7 Å². The lowest BCUT2D eigenvalue weighted by molar-refractivity contribution is -0.125. The van der Waals surface area contributed by atoms with E-state index in [1.165, 1.54) is 16.2 Å². The number of benzene rings is 1. The highest BCUT2D eigenvalue weighted by Crippen LogP contribution is 2.30. The summed E-state index contributed by atoms with van der Waals surface area (Å²) in [6.45, 7) is 5.27. The number of aryl methyl sites for hydroxylation is 2. The number of thiazole rings is 2. The highest BCUT2D eigenvalue weighted by atomic mass is 32.1. The summed E-state index contributed by atoms with van der Waals surface area (Å²) in [5, 5.41) is 5.51. The minimum absolute atomic E-state index is 0.118. The average Bonchev–Trinajstić information content (AvgIpc) is 3.41. The van der Waals surface area contributed by atoms with Gasteiger partial charge in [0.25, 0.3) is 5.91 Å². The zero-order valence-electron chi connectivity index (χ0n) is 20.2. The Hall–Kier alpha value is -2.98. The summed E-state index contributed by atoms with van der Waals surface area (Å²) in [5.41, 5.74) is 4.09. The number of nitrogens with one attached hydrogen (secondary N) is 1. The van der Waals surface area contributed by atoms with Crippen molar-refractivity contribution >= 4 is 34.5 Å². The summed E-state index contributed by atoms with van der Waals surface area (Å²) < 4.78 is 11.6. The smallest absolute Gasteiger partial charge is 0.274 e. The molecule has 186 valence electrons. The van der Waals surface area contributed by atoms with Crippen LogP contribution < -0.4 is 14.8 Å². The first-order chi connectivity index (χ1) is 17.0. The van der Waals surface area contributed by atoms with Gasteiger partial charge in [-0.1, -0.05) is 6.07 Å². The van der Waals surface area contributed by atoms with Crippen LogP contribution in [0.1, 0.15) is 50.9 Å². The van der Waals surface area contributed by atoms with Gasteiger partial charge in [0.2, 0.25) is 5.91 Å². The normalized spacial score (nSPS) is 15.9. The molecule has 1 aromatic carbocycles. The predicted octanol–water partition coefficient (Wildman–Crippen LogP) is 4.16. The molecule has 35 heavy (non-hydrogen) atoms. The molecule has 4 rings (SSSR count). The van der Waals surface area contributed by atoms with Gasteiger partial charge in [-0.15, -0.1) is 22.7 Å². The minimum atomic E-state index is -0.545. The quantitative estimate of drug-likeness (QED) is 0.461. The van der Waals surface area contributed by atoms with Crippen LogP contribution in [0.4, 0.5) is 0 Å². The highest BCUT2D eigenvalue weighted by Gasteiger charge is 2.32. The molecule has 0 unspecified atom stereocenters. The second kappa shape index (κ2) is 11.6. The maximum Gasteiger partial charge on any atom is 0.274 e. The van der Waals surface area contributed by atoms with Crippen molar-refractivity contribution in [2.45, 2.75) is 52.1 Å². The molecule has 8 nitrogen and oxygen atoms in total. The largest absolute Gasteiger partial charge is 0.493 e. The van der Waals surface area contributed by atoms with Gasteiger partial charge in [-0.3, -0.25) is 9.59 Å². The lowest BCUT2D eigenvalue weighted by Crippen LogP contribution is -2.48. The maximum absolute atomic E-state index is 13.5. The molecule has 1 saturated heterocycles. The second-order valence-electron chi connectivity index (χ2n) is 8.43. The Kier molecular flexibility index (Phi) is 8.35. The molecule has 1 N–H and O–H groups in total. The first-order valence-corrected chi connectivity index (χ1v) is 13.4. The van der Waals surface area contributed by atoms with Gasteiger partial charge in [0.05, 0.1) is 29.9 Å². The van der Waals surface area contributed by atoms with E-state index in [1.807, 2.05) is 37.6 Å². The molecular formula is C25H30N4O4S2. The number of amides is 2. The standard InChI is InChI=1S/C25H30N4O4S2/c1-16-23(35-15-27-16)9-11-33-21-8-7-18(12-22(21)32-3)13-29(20-6-4-5-10-26-24(20)30)25(31)19-14-34-17(2)28-19/h7-8,12,14-15,20H,4-6,9-11,13H2,1-3H3,(H,26,30)/t20-/m0/s1. The maximum atomic E-state index is 13.5. The predicted molar refractivity (Wildman–Crippen MR) is 136 cm³/mol. The van der Waals surface area contributed by atoms with E-state index in [2.05, 4.69) is 15.3 Å². The molecule has 3 aromatic rings. The highest BCUT2D eigenvalue weighted by molar-refractivity contribution is 7.10. The van der Waals surface area contributed by atoms with Gasteiger partial charge in [0.1, 0.15) is 11.7 Å². The third kappa shape index (κ3) is 6.18. The van der Waals surface area contributed by atoms with E-state index in [4.69, 9.17) is 9.47 Å². The average molecular weight is 515 g/mol. The van der Waals surface area contributed by atoms with Gasteiger partial charge in [0, 0.05) is 29.8 Å². The molecule has 1 aliphatic heterocycles. The summed E-state index contributed by atoms with van der Waals surface area (Å²) in [7, 11) is 1.60. The van der Waals surface area contributed by atoms with Crippen molar-refractivity contribution in [3.05, 3.63) is 55.9 Å². The number of rotatable bonds is 9. The number of hydrogen-bond donors (Lipinski definition) is 1. The van der Waals surface area contributed by atoms with Crippen LogP contribution >= 0.6 is 22.7 Å². The number of carbonyl (C=O) groups is 2. The van der Waals surface area contributed by atoms with E-state index in [0.29, 0.717) is 36.8 Å². The van der Waals surface area contributed by atoms with Gasteiger partial charge in [-0.25, -0.2) is 9.97 Å². The Morgan fingerprint density at radius 3 is 2.80 bits per heavy atom. The van der Waals surface area contributed by atoms with Crippen molar-refractivity contribution in [3.63, 3.8) is 0 Å². The van der Waals surface area contributed by atoms with Crippen LogP contribution in [0.15, 0.2) is 29.1 Å². The topological polar surface area (TPSA) is 93.7 Å². The molecule has 2 amide bonds. The number of nitrogens with zero attached hydrogens (tertiary/aromatic N) is 3. The fourth-order valence-electron chi connectivity index (χ4n) is 4.10. The summed E-state index contributed by atoms with van der Waals surface area (Å²) in [5.74, 6) is 0.869. The number of carbonyl (C=O) groups excluding carboxylic acids is 2. The Morgan fingerprint density at radius 2 is 2.09 bits per heavy atom. The zero-order chi connectivity index (χ0) is 24.8. The van der Waals surface area contributed by atoms with E-state index in [9.17, 15) is 9.59 Å². The first kappa shape index (κ1) is 25.1. The fraction of sp³-hybridized carbons (Fsp3) is 0.440. The molecule has 0 bridgehead atoms. The summed E-state index contributed by atoms with van der Waals surface area (Å²) in [4.78, 5) is 37.8. The molecule has 1 fully saturated rings. The molecule has 0 radical (unpaired) electrons. The lowest BCUT2D eigenvalue weighted by Gasteiger charge is -2.29. The molecule has 0 spiro atoms. The number of hydrogen-bond acceptors (Lipinski definition) is 8. The Morgan fingerprint density at radius 1 is 1.23 bits per heavy atom. The molecule has 3 heterocycles. The van der Waals surface area contributed by atoms with Crippen LogP contribution in [0.2, 0.25) is 0 Å². The van der Waals surface area contributed by atoms with Crippen molar-refractivity contribution in [1.82, 2.24) is 20.2 Å². The number of ether oxygens (including phenoxy) is 2.